The molecule has 0 aliphatic carbocycles. The van der Waals surface area contributed by atoms with E-state index in [9.17, 15) is 18.0 Å². The number of methoxy groups -OCH3 is 1. The number of nitrogens with zero attached hydrogens (tertiary/aromatic N) is 4. The summed E-state index contributed by atoms with van der Waals surface area (Å²) in [5.41, 5.74) is 0.592. The van der Waals surface area contributed by atoms with E-state index in [1.54, 1.807) is 7.11 Å². The Bertz CT molecular complexity index is 997. The second-order valence-electron chi connectivity index (χ2n) is 8.19. The van der Waals surface area contributed by atoms with E-state index in [0.29, 0.717) is 30.6 Å². The molecular weight excluding hydrogens is 459 g/mol. The molecule has 34 heavy (non-hydrogen) atoms. The number of carboxylic acid groups (broad SMARTS) is 1. The number of hydrogen-bond donors (Lipinski definition) is 2. The van der Waals surface area contributed by atoms with Crippen LogP contribution in [0.1, 0.15) is 23.3 Å². The number of anilines is 1. The second kappa shape index (κ2) is 10.3. The highest BCUT2D eigenvalue weighted by Crippen LogP contribution is 2.38. The molecule has 1 amide bonds. The van der Waals surface area contributed by atoms with Gasteiger partial charge in [-0.15, -0.1) is 0 Å². The van der Waals surface area contributed by atoms with Gasteiger partial charge in [-0.25, -0.2) is 14.8 Å². The molecule has 186 valence electrons. The van der Waals surface area contributed by atoms with Gasteiger partial charge in [0.25, 0.3) is 5.91 Å². The van der Waals surface area contributed by atoms with E-state index < -0.39 is 12.1 Å². The zero-order valence-corrected chi connectivity index (χ0v) is 18.7. The highest BCUT2D eigenvalue weighted by Gasteiger charge is 2.47. The molecule has 1 unspecified atom stereocenters. The highest BCUT2D eigenvalue weighted by atomic mass is 19.4. The summed E-state index contributed by atoms with van der Waals surface area (Å²) in [6.45, 7) is 2.98. The average Bonchev–Trinajstić information content (AvgIpc) is 3.22. The fourth-order valence-corrected chi connectivity index (χ4v) is 3.78. The number of carboxylic acids is 1. The summed E-state index contributed by atoms with van der Waals surface area (Å²) in [5.74, 6) is -0.997. The summed E-state index contributed by atoms with van der Waals surface area (Å²) >= 11 is 0. The van der Waals surface area contributed by atoms with Crippen LogP contribution in [-0.4, -0.2) is 76.6 Å². The molecule has 2 fully saturated rings. The van der Waals surface area contributed by atoms with Gasteiger partial charge in [0.15, 0.2) is 0 Å². The maximum absolute atomic E-state index is 12.2. The van der Waals surface area contributed by atoms with Gasteiger partial charge in [0, 0.05) is 25.9 Å². The molecule has 2 N–H and O–H groups in total. The van der Waals surface area contributed by atoms with Gasteiger partial charge in [-0.05, 0) is 30.9 Å². The van der Waals surface area contributed by atoms with Crippen molar-refractivity contribution in [2.45, 2.75) is 24.6 Å². The lowest BCUT2D eigenvalue weighted by Gasteiger charge is -2.53. The van der Waals surface area contributed by atoms with Gasteiger partial charge < -0.3 is 29.4 Å². The van der Waals surface area contributed by atoms with Crippen LogP contribution in [0.25, 0.3) is 0 Å². The van der Waals surface area contributed by atoms with Crippen molar-refractivity contribution in [1.29, 1.82) is 0 Å². The Morgan fingerprint density at radius 1 is 1.35 bits per heavy atom. The first kappa shape index (κ1) is 25.3. The van der Waals surface area contributed by atoms with Crippen LogP contribution < -0.4 is 15.0 Å². The van der Waals surface area contributed by atoms with Crippen LogP contribution in [0.2, 0.25) is 0 Å². The van der Waals surface area contributed by atoms with Crippen LogP contribution in [0.15, 0.2) is 30.7 Å². The van der Waals surface area contributed by atoms with Gasteiger partial charge in [-0.2, -0.15) is 13.2 Å². The number of halogens is 3. The Hall–Kier alpha value is -3.35. The zero-order chi connectivity index (χ0) is 24.9. The Morgan fingerprint density at radius 3 is 2.59 bits per heavy atom. The van der Waals surface area contributed by atoms with Crippen molar-refractivity contribution in [3.05, 3.63) is 36.4 Å². The Balaban J connectivity index is 0.000000406. The summed E-state index contributed by atoms with van der Waals surface area (Å²) in [5, 5.41) is 10.2. The van der Waals surface area contributed by atoms with Crippen LogP contribution in [-0.2, 0) is 16.6 Å². The van der Waals surface area contributed by atoms with Crippen LogP contribution in [0.3, 0.4) is 0 Å². The predicted octanol–water partition coefficient (Wildman–Crippen LogP) is 1.87. The van der Waals surface area contributed by atoms with Crippen molar-refractivity contribution in [3.8, 4) is 5.88 Å². The molecule has 0 bridgehead atoms. The summed E-state index contributed by atoms with van der Waals surface area (Å²) in [4.78, 5) is 31.6. The number of amides is 1. The highest BCUT2D eigenvalue weighted by molar-refractivity contribution is 5.92. The molecule has 2 aromatic heterocycles. The van der Waals surface area contributed by atoms with Crippen molar-refractivity contribution in [2.24, 2.45) is 13.0 Å². The van der Waals surface area contributed by atoms with Gasteiger partial charge in [0.1, 0.15) is 23.4 Å². The molecule has 2 saturated heterocycles. The molecule has 4 rings (SSSR count). The van der Waals surface area contributed by atoms with E-state index in [-0.39, 0.29) is 11.5 Å². The molecule has 1 atom stereocenters. The normalized spacial score (nSPS) is 19.0. The van der Waals surface area contributed by atoms with Crippen LogP contribution in [0.4, 0.5) is 19.0 Å². The van der Waals surface area contributed by atoms with Crippen LogP contribution in [0.5, 0.6) is 5.88 Å². The number of carbonyl (C=O) groups excluding carboxylic acids is 1. The third kappa shape index (κ3) is 6.16. The number of aryl methyl sites for hydroxylation is 1. The summed E-state index contributed by atoms with van der Waals surface area (Å²) in [7, 11) is 3.47. The Kier molecular flexibility index (Phi) is 7.64. The van der Waals surface area contributed by atoms with Crippen molar-refractivity contribution in [1.82, 2.24) is 19.9 Å². The second-order valence-corrected chi connectivity index (χ2v) is 8.19. The molecule has 4 heterocycles. The molecule has 10 nitrogen and oxygen atoms in total. The molecule has 2 aromatic rings. The molecule has 0 saturated carbocycles. The molecular formula is C21H26F3N5O5. The molecule has 0 aromatic carbocycles. The van der Waals surface area contributed by atoms with E-state index in [2.05, 4.69) is 20.2 Å². The van der Waals surface area contributed by atoms with Crippen LogP contribution >= 0.6 is 0 Å². The molecule has 2 aliphatic rings. The largest absolute Gasteiger partial charge is 0.490 e. The minimum absolute atomic E-state index is 0.0321. The lowest BCUT2D eigenvalue weighted by Crippen LogP contribution is -2.65. The van der Waals surface area contributed by atoms with Gasteiger partial charge in [-0.1, -0.05) is 0 Å². The van der Waals surface area contributed by atoms with Gasteiger partial charge in [-0.3, -0.25) is 4.79 Å². The van der Waals surface area contributed by atoms with E-state index in [1.165, 1.54) is 6.33 Å². The van der Waals surface area contributed by atoms with Crippen molar-refractivity contribution >= 4 is 17.7 Å². The molecule has 1 spiro atoms. The van der Waals surface area contributed by atoms with Crippen molar-refractivity contribution in [2.75, 3.05) is 38.3 Å². The first-order valence-electron chi connectivity index (χ1n) is 10.5. The third-order valence-electron chi connectivity index (χ3n) is 5.72. The minimum Gasteiger partial charge on any atom is -0.481 e. The van der Waals surface area contributed by atoms with Crippen molar-refractivity contribution in [3.63, 3.8) is 0 Å². The number of hydrogen-bond acceptors (Lipinski definition) is 7. The minimum atomic E-state index is -5.08. The number of aromatic nitrogens is 3. The van der Waals surface area contributed by atoms with E-state index in [1.807, 2.05) is 36.0 Å². The Labute approximate surface area is 193 Å². The maximum atomic E-state index is 12.2. The SMILES string of the molecule is COc1cc(N2CC3(CCC(CNC(=O)c4cccn4C)CO3)C2)ncn1.O=C(O)C(F)(F)F. The molecule has 13 heteroatoms. The van der Waals surface area contributed by atoms with Crippen molar-refractivity contribution < 1.29 is 37.3 Å². The summed E-state index contributed by atoms with van der Waals surface area (Å²) in [6.07, 6.45) is 0.356. The number of carbonyl (C=O) groups is 2. The zero-order valence-electron chi connectivity index (χ0n) is 18.7. The smallest absolute Gasteiger partial charge is 0.481 e. The van der Waals surface area contributed by atoms with E-state index in [0.717, 1.165) is 31.7 Å². The van der Waals surface area contributed by atoms with Gasteiger partial charge in [0.2, 0.25) is 5.88 Å². The first-order chi connectivity index (χ1) is 16.0. The quantitative estimate of drug-likeness (QED) is 0.659. The van der Waals surface area contributed by atoms with Gasteiger partial charge >= 0.3 is 12.1 Å². The monoisotopic (exact) mass is 485 g/mol. The summed E-state index contributed by atoms with van der Waals surface area (Å²) in [6, 6.07) is 5.54. The number of ether oxygens (including phenoxy) is 2. The van der Waals surface area contributed by atoms with Crippen LogP contribution in [0, 0.1) is 5.92 Å². The first-order valence-corrected chi connectivity index (χ1v) is 10.5. The van der Waals surface area contributed by atoms with E-state index in [4.69, 9.17) is 19.4 Å². The lowest BCUT2D eigenvalue weighted by atomic mass is 9.83. The number of aliphatic carboxylic acids is 1. The fourth-order valence-electron chi connectivity index (χ4n) is 3.78. The Morgan fingerprint density at radius 2 is 2.06 bits per heavy atom. The fraction of sp³-hybridized carbons (Fsp3) is 0.524. The molecule has 2 aliphatic heterocycles. The van der Waals surface area contributed by atoms with E-state index >= 15 is 0 Å². The average molecular weight is 485 g/mol. The third-order valence-corrected chi connectivity index (χ3v) is 5.72. The lowest BCUT2D eigenvalue weighted by molar-refractivity contribution is -0.192. The number of nitrogens with one attached hydrogen (secondary N) is 1. The number of alkyl halides is 3. The number of rotatable bonds is 5. The predicted molar refractivity (Wildman–Crippen MR) is 114 cm³/mol. The standard InChI is InChI=1S/C19H25N5O3.C2HF3O2/c1-23-7-3-4-15(23)18(25)20-9-14-5-6-19(27-10-14)11-24(12-19)16-8-17(26-2)22-13-21-16;3-2(4,5)1(6)7/h3-4,7-8,13-14H,5-6,9-12H2,1-2H3,(H,20,25);(H,6,7). The molecule has 0 radical (unpaired) electrons. The topological polar surface area (TPSA) is 119 Å². The summed E-state index contributed by atoms with van der Waals surface area (Å²) < 4.78 is 44.9. The van der Waals surface area contributed by atoms with Gasteiger partial charge in [0.05, 0.1) is 26.8 Å². The maximum Gasteiger partial charge on any atom is 0.490 e.